The summed E-state index contributed by atoms with van der Waals surface area (Å²) in [5.41, 5.74) is 0.660. The highest BCUT2D eigenvalue weighted by Gasteiger charge is 2.22. The normalized spacial score (nSPS) is 13.5. The second-order valence-corrected chi connectivity index (χ2v) is 12.8. The maximum Gasteiger partial charge on any atom is 0.335 e. The summed E-state index contributed by atoms with van der Waals surface area (Å²) >= 11 is 0. The first-order valence-electron chi connectivity index (χ1n) is 17.5. The van der Waals surface area contributed by atoms with E-state index in [1.54, 1.807) is 24.3 Å². The van der Waals surface area contributed by atoms with E-state index in [2.05, 4.69) is 31.2 Å². The Hall–Kier alpha value is -8.13. The van der Waals surface area contributed by atoms with Crippen LogP contribution in [0.1, 0.15) is 31.1 Å². The van der Waals surface area contributed by atoms with Crippen LogP contribution in [0.5, 0.6) is 11.5 Å². The van der Waals surface area contributed by atoms with E-state index in [0.717, 1.165) is 33.7 Å². The fourth-order valence-corrected chi connectivity index (χ4v) is 6.44. The molecule has 5 N–H and O–H groups in total. The van der Waals surface area contributed by atoms with E-state index in [1.807, 2.05) is 60.7 Å². The highest BCUT2D eigenvalue weighted by Crippen LogP contribution is 2.45. The van der Waals surface area contributed by atoms with Gasteiger partial charge in [-0.25, -0.2) is 14.8 Å². The molecule has 14 nitrogen and oxygen atoms in total. The summed E-state index contributed by atoms with van der Waals surface area (Å²) in [6.07, 6.45) is 0. The summed E-state index contributed by atoms with van der Waals surface area (Å²) in [4.78, 5) is 74.1. The van der Waals surface area contributed by atoms with Crippen molar-refractivity contribution in [1.82, 2.24) is 9.97 Å². The molecular weight excluding hydrogens is 729 g/mol. The van der Waals surface area contributed by atoms with Crippen LogP contribution in [-0.2, 0) is 9.59 Å². The Bertz CT molecular complexity index is 2610. The van der Waals surface area contributed by atoms with Crippen LogP contribution in [0.25, 0.3) is 32.7 Å². The smallest absolute Gasteiger partial charge is 0.335 e. The first-order valence-corrected chi connectivity index (χ1v) is 17.5. The van der Waals surface area contributed by atoms with Crippen molar-refractivity contribution < 1.29 is 38.6 Å². The molecule has 3 heterocycles. The number of benzene rings is 5. The minimum absolute atomic E-state index is 0.0410. The Labute approximate surface area is 323 Å². The molecule has 8 rings (SSSR count). The van der Waals surface area contributed by atoms with E-state index in [-0.39, 0.29) is 40.0 Å². The molecule has 0 radical (unpaired) electrons. The third-order valence-electron chi connectivity index (χ3n) is 8.97. The van der Waals surface area contributed by atoms with Gasteiger partial charge in [-0.15, -0.1) is 0 Å². The molecule has 6 bridgehead atoms. The quantitative estimate of drug-likeness (QED) is 0.116. The molecule has 0 unspecified atom stereocenters. The number of ether oxygens (including phenoxy) is 2. The number of hydrogen-bond acceptors (Lipinski definition) is 9. The number of amides is 4. The number of rotatable bonds is 1. The van der Waals surface area contributed by atoms with Crippen LogP contribution in [0.3, 0.4) is 0 Å². The van der Waals surface area contributed by atoms with E-state index in [4.69, 9.17) is 9.47 Å². The number of carbonyl (C=O) groups is 5. The monoisotopic (exact) mass is 758 g/mol. The van der Waals surface area contributed by atoms with Crippen molar-refractivity contribution in [2.24, 2.45) is 0 Å². The maximum atomic E-state index is 13.4. The average molecular weight is 759 g/mol. The molecule has 2 aromatic heterocycles. The van der Waals surface area contributed by atoms with Gasteiger partial charge in [0.25, 0.3) is 23.6 Å². The van der Waals surface area contributed by atoms with Gasteiger partial charge >= 0.3 is 5.97 Å². The first kappa shape index (κ1) is 35.9. The molecule has 4 amide bonds. The van der Waals surface area contributed by atoms with Crippen molar-refractivity contribution in [2.45, 2.75) is 0 Å². The molecule has 0 fully saturated rings. The summed E-state index contributed by atoms with van der Waals surface area (Å²) < 4.78 is 12.5. The number of carboxylic acid groups (broad SMARTS) is 1. The first-order chi connectivity index (χ1) is 27.7. The number of fused-ring (bicyclic) bond motifs is 13. The lowest BCUT2D eigenvalue weighted by Gasteiger charge is -2.19. The second-order valence-electron chi connectivity index (χ2n) is 12.8. The van der Waals surface area contributed by atoms with E-state index in [0.29, 0.717) is 22.6 Å². The van der Waals surface area contributed by atoms with Crippen molar-refractivity contribution in [3.8, 4) is 22.6 Å². The molecule has 57 heavy (non-hydrogen) atoms. The molecule has 7 aromatic rings. The largest absolute Gasteiger partial charge is 0.483 e. The van der Waals surface area contributed by atoms with E-state index in [9.17, 15) is 29.1 Å². The Morgan fingerprint density at radius 2 is 0.930 bits per heavy atom. The SMILES string of the molecule is O=C1COc2ccc3ccccc3c2-c2c(ccc3ccccc23)OCC(=O)Nc2cccc(n2)NC(=O)c2cc(C(=O)O)cc(c2)C(=O)Nc2cccc(n2)N1. The minimum Gasteiger partial charge on any atom is -0.483 e. The van der Waals surface area contributed by atoms with Gasteiger partial charge in [0, 0.05) is 22.3 Å². The highest BCUT2D eigenvalue weighted by atomic mass is 16.5. The number of nitrogens with zero attached hydrogens (tertiary/aromatic N) is 2. The van der Waals surface area contributed by atoms with Crippen LogP contribution < -0.4 is 30.7 Å². The fourth-order valence-electron chi connectivity index (χ4n) is 6.44. The Kier molecular flexibility index (Phi) is 9.64. The zero-order valence-corrected chi connectivity index (χ0v) is 29.7. The Morgan fingerprint density at radius 1 is 0.509 bits per heavy atom. The number of aromatic nitrogens is 2. The molecule has 1 aliphatic rings. The molecule has 0 aliphatic carbocycles. The second kappa shape index (κ2) is 15.3. The van der Waals surface area contributed by atoms with Crippen LogP contribution in [-0.4, -0.2) is 57.9 Å². The maximum absolute atomic E-state index is 13.4. The number of nitrogens with one attached hydrogen (secondary N) is 4. The molecule has 5 aromatic carbocycles. The lowest BCUT2D eigenvalue weighted by atomic mass is 9.92. The third-order valence-corrected chi connectivity index (χ3v) is 8.97. The van der Waals surface area contributed by atoms with Gasteiger partial charge in [-0.3, -0.25) is 19.2 Å². The molecule has 14 heteroatoms. The van der Waals surface area contributed by atoms with Crippen molar-refractivity contribution in [2.75, 3.05) is 34.5 Å². The molecule has 1 aliphatic heterocycles. The lowest BCUT2D eigenvalue weighted by Crippen LogP contribution is -2.22. The zero-order valence-electron chi connectivity index (χ0n) is 29.7. The van der Waals surface area contributed by atoms with Gasteiger partial charge in [0.15, 0.2) is 13.2 Å². The predicted octanol–water partition coefficient (Wildman–Crippen LogP) is 7.00. The third kappa shape index (κ3) is 7.77. The fraction of sp³-hybridized carbons (Fsp3) is 0.0465. The van der Waals surface area contributed by atoms with Crippen molar-refractivity contribution in [1.29, 1.82) is 0 Å². The van der Waals surface area contributed by atoms with Gasteiger partial charge in [0.05, 0.1) is 5.56 Å². The molecule has 0 saturated heterocycles. The number of carbonyl (C=O) groups excluding carboxylic acids is 4. The number of carboxylic acids is 1. The van der Waals surface area contributed by atoms with Gasteiger partial charge in [-0.1, -0.05) is 72.8 Å². The van der Waals surface area contributed by atoms with Crippen LogP contribution in [0, 0.1) is 0 Å². The van der Waals surface area contributed by atoms with Gasteiger partial charge < -0.3 is 35.8 Å². The highest BCUT2D eigenvalue weighted by molar-refractivity contribution is 6.11. The van der Waals surface area contributed by atoms with Crippen LogP contribution in [0.2, 0.25) is 0 Å². The Balaban J connectivity index is 1.21. The van der Waals surface area contributed by atoms with Crippen LogP contribution in [0.4, 0.5) is 23.3 Å². The van der Waals surface area contributed by atoms with E-state index >= 15 is 0 Å². The molecule has 280 valence electrons. The summed E-state index contributed by atoms with van der Waals surface area (Å²) in [5.74, 6) is -2.97. The topological polar surface area (TPSA) is 198 Å². The molecular formula is C43H30N6O8. The standard InChI is InChI=1S/C43H30N6O8/c50-37-22-56-31-17-15-24-7-1-3-9-29(24)39(31)40-30-10-4-2-8-25(30)16-18-32(40)57-23-38(51)47-34-12-6-14-36(45-34)49-42(53)27-19-26(20-28(21-27)43(54)55)41(52)48-35-13-5-11-33(44-35)46-37/h1-21H,22-23H2,(H,54,55)(H2,44,46,48,50,52)(H2,45,47,49,51,53). The summed E-state index contributed by atoms with van der Waals surface area (Å²) in [6.45, 7) is -0.849. The predicted molar refractivity (Wildman–Crippen MR) is 213 cm³/mol. The minimum atomic E-state index is -1.37. The molecule has 0 spiro atoms. The van der Waals surface area contributed by atoms with Gasteiger partial charge in [0.2, 0.25) is 0 Å². The van der Waals surface area contributed by atoms with Crippen LogP contribution in [0.15, 0.2) is 127 Å². The van der Waals surface area contributed by atoms with Crippen molar-refractivity contribution >= 4 is 74.4 Å². The Morgan fingerprint density at radius 3 is 1.37 bits per heavy atom. The summed E-state index contributed by atoms with van der Waals surface area (Å²) in [5, 5.41) is 23.7. The lowest BCUT2D eigenvalue weighted by molar-refractivity contribution is -0.118. The number of hydrogen-bond donors (Lipinski definition) is 5. The summed E-state index contributed by atoms with van der Waals surface area (Å²) in [6, 6.07) is 35.3. The zero-order chi connectivity index (χ0) is 39.5. The van der Waals surface area contributed by atoms with Crippen LogP contribution >= 0.6 is 0 Å². The van der Waals surface area contributed by atoms with Crippen molar-refractivity contribution in [3.63, 3.8) is 0 Å². The summed E-state index contributed by atoms with van der Waals surface area (Å²) in [7, 11) is 0. The van der Waals surface area contributed by atoms with Gasteiger partial charge in [0.1, 0.15) is 34.8 Å². The van der Waals surface area contributed by atoms with Crippen molar-refractivity contribution in [3.05, 3.63) is 144 Å². The van der Waals surface area contributed by atoms with Gasteiger partial charge in [-0.2, -0.15) is 0 Å². The molecule has 0 atom stereocenters. The van der Waals surface area contributed by atoms with Gasteiger partial charge in [-0.05, 0) is 76.1 Å². The average Bonchev–Trinajstić information content (AvgIpc) is 3.21. The molecule has 0 saturated carbocycles. The van der Waals surface area contributed by atoms with E-state index in [1.165, 1.54) is 30.3 Å². The number of aromatic carboxylic acids is 1. The number of pyridine rings is 2. The number of anilines is 4. The van der Waals surface area contributed by atoms with E-state index < -0.39 is 42.8 Å².